The Morgan fingerprint density at radius 2 is 1.78 bits per heavy atom. The minimum Gasteiger partial charge on any atom is -0.353 e. The van der Waals surface area contributed by atoms with Crippen LogP contribution in [-0.2, 0) is 25.4 Å². The van der Waals surface area contributed by atoms with Crippen molar-refractivity contribution in [2.45, 2.75) is 83.6 Å². The first-order valence-corrected chi connectivity index (χ1v) is 15.4. The van der Waals surface area contributed by atoms with Gasteiger partial charge in [-0.1, -0.05) is 32.9 Å². The Hall–Kier alpha value is -2.00. The summed E-state index contributed by atoms with van der Waals surface area (Å²) in [5, 5.41) is 3.21. The van der Waals surface area contributed by atoms with Crippen LogP contribution in [0.2, 0.25) is 0 Å². The van der Waals surface area contributed by atoms with Crippen LogP contribution in [0.1, 0.15) is 71.3 Å². The van der Waals surface area contributed by atoms with Crippen LogP contribution >= 0.6 is 0 Å². The van der Waals surface area contributed by atoms with E-state index in [4.69, 9.17) is 0 Å². The van der Waals surface area contributed by atoms with Crippen LogP contribution in [0.25, 0.3) is 0 Å². The van der Waals surface area contributed by atoms with Crippen LogP contribution in [0.15, 0.2) is 24.3 Å². The molecule has 4 rings (SSSR count). The third-order valence-electron chi connectivity index (χ3n) is 8.46. The standard InChI is InChI=1S/C28H42FN3O4S/c1-19(2)25-12-7-20(3)13-28(34)32-16-22-14-23(26(32)5-4-6-27(33)30-25)17-31(15-22)37(35,36)18-21-8-10-24(29)11-9-21/h8-11,19-20,22-23,25-26H,4-7,12-18H2,1-3H3,(H,30,33)/t20-,22+,23-,25+,26+/m1/s1. The molecule has 0 aromatic heterocycles. The molecule has 0 saturated carbocycles. The predicted octanol–water partition coefficient (Wildman–Crippen LogP) is 3.94. The fourth-order valence-corrected chi connectivity index (χ4v) is 8.03. The van der Waals surface area contributed by atoms with Crippen molar-refractivity contribution in [1.29, 1.82) is 0 Å². The Morgan fingerprint density at radius 1 is 1.05 bits per heavy atom. The van der Waals surface area contributed by atoms with Gasteiger partial charge in [-0.3, -0.25) is 9.59 Å². The van der Waals surface area contributed by atoms with Crippen LogP contribution in [0.5, 0.6) is 0 Å². The zero-order chi connectivity index (χ0) is 26.7. The van der Waals surface area contributed by atoms with E-state index in [2.05, 4.69) is 26.1 Å². The third-order valence-corrected chi connectivity index (χ3v) is 10.2. The van der Waals surface area contributed by atoms with Gasteiger partial charge in [-0.05, 0) is 73.5 Å². The van der Waals surface area contributed by atoms with Crippen molar-refractivity contribution in [3.63, 3.8) is 0 Å². The molecule has 1 N–H and O–H groups in total. The molecule has 3 aliphatic rings. The third kappa shape index (κ3) is 7.11. The number of sulfonamides is 1. The summed E-state index contributed by atoms with van der Waals surface area (Å²) < 4.78 is 41.5. The van der Waals surface area contributed by atoms with E-state index >= 15 is 0 Å². The SMILES string of the molecule is CC(C)[C@@H]1CC[C@@H](C)CC(=O)N2C[C@H]3C[C@H](CN(S(=O)(=O)Cc4ccc(F)cc4)C3)[C@@H]2CCCC(=O)N1. The average Bonchev–Trinajstić information content (AvgIpc) is 2.84. The maximum absolute atomic E-state index is 13.5. The van der Waals surface area contributed by atoms with Crippen molar-refractivity contribution in [1.82, 2.24) is 14.5 Å². The topological polar surface area (TPSA) is 86.8 Å². The lowest BCUT2D eigenvalue weighted by molar-refractivity contribution is -0.141. The van der Waals surface area contributed by atoms with E-state index in [9.17, 15) is 22.4 Å². The van der Waals surface area contributed by atoms with E-state index in [1.807, 2.05) is 4.90 Å². The summed E-state index contributed by atoms with van der Waals surface area (Å²) in [5.74, 6) is 0.382. The number of hydrogen-bond donors (Lipinski definition) is 1. The number of halogens is 1. The van der Waals surface area contributed by atoms with E-state index < -0.39 is 10.0 Å². The summed E-state index contributed by atoms with van der Waals surface area (Å²) >= 11 is 0. The lowest BCUT2D eigenvalue weighted by Crippen LogP contribution is -2.60. The average molecular weight is 536 g/mol. The van der Waals surface area contributed by atoms with Gasteiger partial charge in [0.1, 0.15) is 5.82 Å². The second-order valence-corrected chi connectivity index (χ2v) is 13.8. The minimum atomic E-state index is -3.58. The Bertz CT molecular complexity index is 1060. The molecular formula is C28H42FN3O4S. The van der Waals surface area contributed by atoms with Crippen molar-refractivity contribution < 1.29 is 22.4 Å². The smallest absolute Gasteiger partial charge is 0.223 e. The second kappa shape index (κ2) is 11.8. The molecule has 3 fully saturated rings. The number of carbonyl (C=O) groups excluding carboxylic acids is 2. The summed E-state index contributed by atoms with van der Waals surface area (Å²) in [6.07, 6.45) is 4.92. The molecule has 2 amide bonds. The number of hydrogen-bond acceptors (Lipinski definition) is 4. The summed E-state index contributed by atoms with van der Waals surface area (Å²) in [6, 6.07) is 5.66. The lowest BCUT2D eigenvalue weighted by atomic mass is 9.78. The Balaban J connectivity index is 1.50. The molecule has 3 heterocycles. The molecule has 7 nitrogen and oxygen atoms in total. The second-order valence-electron chi connectivity index (χ2n) is 11.9. The van der Waals surface area contributed by atoms with E-state index in [1.165, 1.54) is 24.3 Å². The molecule has 5 atom stereocenters. The number of rotatable bonds is 4. The number of carbonyl (C=O) groups is 2. The van der Waals surface area contributed by atoms with Crippen LogP contribution in [0.3, 0.4) is 0 Å². The Kier molecular flexibility index (Phi) is 8.94. The van der Waals surface area contributed by atoms with Crippen molar-refractivity contribution >= 4 is 21.8 Å². The number of fused-ring (bicyclic) bond motifs is 4. The van der Waals surface area contributed by atoms with Gasteiger partial charge in [0.05, 0.1) is 5.75 Å². The quantitative estimate of drug-likeness (QED) is 0.633. The number of nitrogens with one attached hydrogen (secondary N) is 1. The summed E-state index contributed by atoms with van der Waals surface area (Å²) in [6.45, 7) is 7.71. The molecule has 206 valence electrons. The van der Waals surface area contributed by atoms with Gasteiger partial charge < -0.3 is 10.2 Å². The summed E-state index contributed by atoms with van der Waals surface area (Å²) in [5.41, 5.74) is 0.565. The van der Waals surface area contributed by atoms with Gasteiger partial charge in [-0.15, -0.1) is 0 Å². The first-order valence-electron chi connectivity index (χ1n) is 13.8. The van der Waals surface area contributed by atoms with Gasteiger partial charge >= 0.3 is 0 Å². The molecule has 0 radical (unpaired) electrons. The van der Waals surface area contributed by atoms with Crippen LogP contribution in [0.4, 0.5) is 4.39 Å². The first-order chi connectivity index (χ1) is 17.5. The molecule has 0 spiro atoms. The zero-order valence-electron chi connectivity index (χ0n) is 22.4. The Morgan fingerprint density at radius 3 is 2.49 bits per heavy atom. The summed E-state index contributed by atoms with van der Waals surface area (Å²) in [4.78, 5) is 28.2. The number of piperidine rings is 2. The number of nitrogens with zero attached hydrogens (tertiary/aromatic N) is 2. The monoisotopic (exact) mass is 535 g/mol. The number of amides is 2. The fourth-order valence-electron chi connectivity index (χ4n) is 6.37. The largest absolute Gasteiger partial charge is 0.353 e. The highest BCUT2D eigenvalue weighted by Crippen LogP contribution is 2.37. The molecule has 1 aromatic rings. The molecule has 0 unspecified atom stereocenters. The highest BCUT2D eigenvalue weighted by atomic mass is 32.2. The van der Waals surface area contributed by atoms with Crippen LogP contribution in [0, 0.1) is 29.5 Å². The molecule has 9 heteroatoms. The van der Waals surface area contributed by atoms with Crippen molar-refractivity contribution in [2.75, 3.05) is 19.6 Å². The molecular weight excluding hydrogens is 493 g/mol. The van der Waals surface area contributed by atoms with E-state index in [0.29, 0.717) is 56.8 Å². The van der Waals surface area contributed by atoms with Gasteiger partial charge in [-0.25, -0.2) is 17.1 Å². The van der Waals surface area contributed by atoms with Crippen LogP contribution in [-0.4, -0.2) is 61.2 Å². The molecule has 3 saturated heterocycles. The predicted molar refractivity (Wildman–Crippen MR) is 141 cm³/mol. The van der Waals surface area contributed by atoms with Crippen LogP contribution < -0.4 is 5.32 Å². The van der Waals surface area contributed by atoms with Crippen molar-refractivity contribution in [3.05, 3.63) is 35.6 Å². The fraction of sp³-hybridized carbons (Fsp3) is 0.714. The molecule has 3 aliphatic heterocycles. The highest BCUT2D eigenvalue weighted by molar-refractivity contribution is 7.88. The lowest BCUT2D eigenvalue weighted by Gasteiger charge is -2.50. The number of benzene rings is 1. The van der Waals surface area contributed by atoms with Gasteiger partial charge in [0.25, 0.3) is 0 Å². The zero-order valence-corrected chi connectivity index (χ0v) is 23.2. The van der Waals surface area contributed by atoms with Gasteiger partial charge in [0.2, 0.25) is 21.8 Å². The first kappa shape index (κ1) is 28.0. The Labute approximate surface area is 221 Å². The molecule has 2 bridgehead atoms. The van der Waals surface area contributed by atoms with Crippen molar-refractivity contribution in [3.8, 4) is 0 Å². The van der Waals surface area contributed by atoms with Crippen molar-refractivity contribution in [2.24, 2.45) is 23.7 Å². The van der Waals surface area contributed by atoms with E-state index in [0.717, 1.165) is 19.3 Å². The van der Waals surface area contributed by atoms with E-state index in [-0.39, 0.29) is 53.2 Å². The summed E-state index contributed by atoms with van der Waals surface area (Å²) in [7, 11) is -3.58. The van der Waals surface area contributed by atoms with Gasteiger partial charge in [0.15, 0.2) is 0 Å². The highest BCUT2D eigenvalue weighted by Gasteiger charge is 2.45. The maximum atomic E-state index is 13.5. The van der Waals surface area contributed by atoms with Gasteiger partial charge in [0, 0.05) is 44.6 Å². The van der Waals surface area contributed by atoms with E-state index in [1.54, 1.807) is 4.31 Å². The minimum absolute atomic E-state index is 0.0475. The molecule has 1 aromatic carbocycles. The molecule has 0 aliphatic carbocycles. The normalized spacial score (nSPS) is 30.6. The van der Waals surface area contributed by atoms with Gasteiger partial charge in [-0.2, -0.15) is 0 Å². The molecule has 37 heavy (non-hydrogen) atoms. The maximum Gasteiger partial charge on any atom is 0.223 e.